The minimum Gasteiger partial charge on any atom is -0.466 e. The summed E-state index contributed by atoms with van der Waals surface area (Å²) >= 11 is 0. The number of aryl methyl sites for hydroxylation is 1. The molecule has 2 rings (SSSR count). The van der Waals surface area contributed by atoms with Gasteiger partial charge in [-0.3, -0.25) is 9.59 Å². The number of benzene rings is 1. The van der Waals surface area contributed by atoms with E-state index in [2.05, 4.69) is 10.6 Å². The number of methoxy groups -OCH3 is 1. The van der Waals surface area contributed by atoms with Crippen LogP contribution in [0.3, 0.4) is 0 Å². The van der Waals surface area contributed by atoms with E-state index in [1.54, 1.807) is 19.1 Å². The first-order chi connectivity index (χ1) is 10.4. The molecule has 1 heterocycles. The standard InChI is InChI=1S/C16H18N2O4/c1-9-4-6-11(7-5-9)18-15(20)12-8-13(19)17-10(2)14(12)16(21)22-3/h4-7,12H,8H2,1-3H3,(H,17,19)(H,18,20)/t12-/m0/s1. The Labute approximate surface area is 128 Å². The highest BCUT2D eigenvalue weighted by atomic mass is 16.5. The number of anilines is 1. The molecule has 0 fully saturated rings. The molecule has 6 heteroatoms. The van der Waals surface area contributed by atoms with Crippen LogP contribution in [0.15, 0.2) is 35.5 Å². The van der Waals surface area contributed by atoms with E-state index in [0.29, 0.717) is 11.4 Å². The molecule has 6 nitrogen and oxygen atoms in total. The molecule has 1 atom stereocenters. The zero-order valence-electron chi connectivity index (χ0n) is 12.7. The van der Waals surface area contributed by atoms with Crippen LogP contribution in [0.2, 0.25) is 0 Å². The molecule has 0 aromatic heterocycles. The molecule has 0 aliphatic carbocycles. The Balaban J connectivity index is 2.25. The summed E-state index contributed by atoms with van der Waals surface area (Å²) in [5.41, 5.74) is 2.23. The van der Waals surface area contributed by atoms with E-state index in [-0.39, 0.29) is 17.9 Å². The quantitative estimate of drug-likeness (QED) is 0.829. The maximum Gasteiger partial charge on any atom is 0.336 e. The summed E-state index contributed by atoms with van der Waals surface area (Å²) in [6.45, 7) is 3.52. The molecule has 0 radical (unpaired) electrons. The van der Waals surface area contributed by atoms with Crippen LogP contribution in [0.1, 0.15) is 18.9 Å². The van der Waals surface area contributed by atoms with Crippen molar-refractivity contribution in [1.29, 1.82) is 0 Å². The number of rotatable bonds is 3. The SMILES string of the molecule is COC(=O)C1=C(C)NC(=O)C[C@@H]1C(=O)Nc1ccc(C)cc1. The van der Waals surface area contributed by atoms with Crippen LogP contribution in [0.4, 0.5) is 5.69 Å². The van der Waals surface area contributed by atoms with Crippen molar-refractivity contribution in [3.8, 4) is 0 Å². The third-order valence-electron chi connectivity index (χ3n) is 3.51. The van der Waals surface area contributed by atoms with Crippen molar-refractivity contribution in [3.63, 3.8) is 0 Å². The zero-order chi connectivity index (χ0) is 16.3. The molecule has 22 heavy (non-hydrogen) atoms. The lowest BCUT2D eigenvalue weighted by molar-refractivity contribution is -0.139. The van der Waals surface area contributed by atoms with Crippen LogP contribution >= 0.6 is 0 Å². The maximum absolute atomic E-state index is 12.4. The third-order valence-corrected chi connectivity index (χ3v) is 3.51. The van der Waals surface area contributed by atoms with Gasteiger partial charge in [-0.05, 0) is 26.0 Å². The van der Waals surface area contributed by atoms with Gasteiger partial charge in [0.1, 0.15) is 0 Å². The smallest absolute Gasteiger partial charge is 0.336 e. The number of ether oxygens (including phenoxy) is 1. The highest BCUT2D eigenvalue weighted by molar-refractivity contribution is 6.06. The molecular formula is C16H18N2O4. The van der Waals surface area contributed by atoms with Gasteiger partial charge in [0, 0.05) is 17.8 Å². The van der Waals surface area contributed by atoms with Crippen LogP contribution in [0.25, 0.3) is 0 Å². The summed E-state index contributed by atoms with van der Waals surface area (Å²) in [5.74, 6) is -2.17. The second-order valence-corrected chi connectivity index (χ2v) is 5.19. The number of nitrogens with one attached hydrogen (secondary N) is 2. The van der Waals surface area contributed by atoms with E-state index in [1.165, 1.54) is 7.11 Å². The van der Waals surface area contributed by atoms with Gasteiger partial charge >= 0.3 is 5.97 Å². The molecule has 2 amide bonds. The molecule has 1 aromatic carbocycles. The summed E-state index contributed by atoms with van der Waals surface area (Å²) in [7, 11) is 1.24. The summed E-state index contributed by atoms with van der Waals surface area (Å²) in [6, 6.07) is 7.27. The second kappa shape index (κ2) is 6.43. The van der Waals surface area contributed by atoms with Gasteiger partial charge in [-0.1, -0.05) is 17.7 Å². The molecule has 0 saturated carbocycles. The molecule has 1 aliphatic rings. The molecule has 0 saturated heterocycles. The van der Waals surface area contributed by atoms with Gasteiger partial charge in [0.2, 0.25) is 11.8 Å². The molecule has 1 aliphatic heterocycles. The van der Waals surface area contributed by atoms with Gasteiger partial charge < -0.3 is 15.4 Å². The van der Waals surface area contributed by atoms with Crippen molar-refractivity contribution in [1.82, 2.24) is 5.32 Å². The van der Waals surface area contributed by atoms with E-state index >= 15 is 0 Å². The first-order valence-corrected chi connectivity index (χ1v) is 6.89. The lowest BCUT2D eigenvalue weighted by atomic mass is 9.89. The highest BCUT2D eigenvalue weighted by Crippen LogP contribution is 2.25. The number of hydrogen-bond donors (Lipinski definition) is 2. The number of carbonyl (C=O) groups excluding carboxylic acids is 3. The molecule has 1 aromatic rings. The van der Waals surface area contributed by atoms with Gasteiger partial charge in [0.25, 0.3) is 0 Å². The lowest BCUT2D eigenvalue weighted by Gasteiger charge is -2.25. The average molecular weight is 302 g/mol. The van der Waals surface area contributed by atoms with Gasteiger partial charge in [0.15, 0.2) is 0 Å². The molecule has 0 unspecified atom stereocenters. The second-order valence-electron chi connectivity index (χ2n) is 5.19. The monoisotopic (exact) mass is 302 g/mol. The fraction of sp³-hybridized carbons (Fsp3) is 0.312. The fourth-order valence-corrected chi connectivity index (χ4v) is 2.37. The fourth-order valence-electron chi connectivity index (χ4n) is 2.37. The first-order valence-electron chi connectivity index (χ1n) is 6.89. The Morgan fingerprint density at radius 1 is 1.23 bits per heavy atom. The number of hydrogen-bond acceptors (Lipinski definition) is 4. The molecular weight excluding hydrogens is 284 g/mol. The van der Waals surface area contributed by atoms with Crippen molar-refractivity contribution >= 4 is 23.5 Å². The molecule has 0 spiro atoms. The van der Waals surface area contributed by atoms with Crippen molar-refractivity contribution in [2.45, 2.75) is 20.3 Å². The summed E-state index contributed by atoms with van der Waals surface area (Å²) in [5, 5.41) is 5.29. The van der Waals surface area contributed by atoms with Gasteiger partial charge in [-0.15, -0.1) is 0 Å². The number of carbonyl (C=O) groups is 3. The van der Waals surface area contributed by atoms with Crippen molar-refractivity contribution in [2.24, 2.45) is 5.92 Å². The number of esters is 1. The molecule has 116 valence electrons. The predicted molar refractivity (Wildman–Crippen MR) is 80.8 cm³/mol. The maximum atomic E-state index is 12.4. The highest BCUT2D eigenvalue weighted by Gasteiger charge is 2.36. The zero-order valence-corrected chi connectivity index (χ0v) is 12.7. The van der Waals surface area contributed by atoms with Crippen LogP contribution in [0, 0.1) is 12.8 Å². The van der Waals surface area contributed by atoms with E-state index in [0.717, 1.165) is 5.56 Å². The Bertz CT molecular complexity index is 647. The van der Waals surface area contributed by atoms with Crippen molar-refractivity contribution in [2.75, 3.05) is 12.4 Å². The average Bonchev–Trinajstić information content (AvgIpc) is 2.48. The van der Waals surface area contributed by atoms with Crippen LogP contribution in [0.5, 0.6) is 0 Å². The van der Waals surface area contributed by atoms with E-state index in [4.69, 9.17) is 4.74 Å². The largest absolute Gasteiger partial charge is 0.466 e. The normalized spacial score (nSPS) is 17.8. The van der Waals surface area contributed by atoms with Crippen molar-refractivity contribution < 1.29 is 19.1 Å². The van der Waals surface area contributed by atoms with Crippen LogP contribution < -0.4 is 10.6 Å². The van der Waals surface area contributed by atoms with Gasteiger partial charge in [0.05, 0.1) is 18.6 Å². The Morgan fingerprint density at radius 3 is 2.45 bits per heavy atom. The van der Waals surface area contributed by atoms with E-state index < -0.39 is 17.8 Å². The number of amides is 2. The minimum absolute atomic E-state index is 0.0839. The van der Waals surface area contributed by atoms with Crippen molar-refractivity contribution in [3.05, 3.63) is 41.1 Å². The molecule has 0 bridgehead atoms. The Hall–Kier alpha value is -2.63. The third kappa shape index (κ3) is 3.33. The summed E-state index contributed by atoms with van der Waals surface area (Å²) < 4.78 is 4.71. The minimum atomic E-state index is -0.859. The number of allylic oxidation sites excluding steroid dienone is 1. The first kappa shape index (κ1) is 15.8. The Kier molecular flexibility index (Phi) is 4.60. The van der Waals surface area contributed by atoms with Gasteiger partial charge in [-0.25, -0.2) is 4.79 Å². The van der Waals surface area contributed by atoms with E-state index in [9.17, 15) is 14.4 Å². The summed E-state index contributed by atoms with van der Waals surface area (Å²) in [4.78, 5) is 36.0. The lowest BCUT2D eigenvalue weighted by Crippen LogP contribution is -2.40. The van der Waals surface area contributed by atoms with Crippen LogP contribution in [-0.4, -0.2) is 24.9 Å². The van der Waals surface area contributed by atoms with Crippen LogP contribution in [-0.2, 0) is 19.1 Å². The predicted octanol–water partition coefficient (Wildman–Crippen LogP) is 1.52. The molecule has 2 N–H and O–H groups in total. The Morgan fingerprint density at radius 2 is 1.86 bits per heavy atom. The van der Waals surface area contributed by atoms with E-state index in [1.807, 2.05) is 19.1 Å². The van der Waals surface area contributed by atoms with Gasteiger partial charge in [-0.2, -0.15) is 0 Å². The summed E-state index contributed by atoms with van der Waals surface area (Å²) in [6.07, 6.45) is -0.0839. The topological polar surface area (TPSA) is 84.5 Å².